The number of hydrogen-bond donors (Lipinski definition) is 1. The molecule has 3 nitrogen and oxygen atoms in total. The third kappa shape index (κ3) is 3.51. The van der Waals surface area contributed by atoms with Crippen molar-refractivity contribution in [1.82, 2.24) is 10.3 Å². The molecule has 4 heteroatoms. The van der Waals surface area contributed by atoms with Crippen molar-refractivity contribution in [3.8, 4) is 5.75 Å². The van der Waals surface area contributed by atoms with Gasteiger partial charge in [0.05, 0.1) is 7.11 Å². The van der Waals surface area contributed by atoms with E-state index in [9.17, 15) is 4.39 Å². The van der Waals surface area contributed by atoms with Gasteiger partial charge in [0.15, 0.2) is 11.6 Å². The zero-order valence-corrected chi connectivity index (χ0v) is 11.1. The van der Waals surface area contributed by atoms with Gasteiger partial charge in [-0.25, -0.2) is 4.39 Å². The third-order valence-corrected chi connectivity index (χ3v) is 3.03. The Morgan fingerprint density at radius 1 is 1.26 bits per heavy atom. The summed E-state index contributed by atoms with van der Waals surface area (Å²) < 4.78 is 18.4. The van der Waals surface area contributed by atoms with E-state index in [4.69, 9.17) is 4.74 Å². The van der Waals surface area contributed by atoms with E-state index in [2.05, 4.69) is 17.2 Å². The van der Waals surface area contributed by atoms with Gasteiger partial charge < -0.3 is 10.1 Å². The molecule has 0 aliphatic heterocycles. The highest BCUT2D eigenvalue weighted by Gasteiger charge is 2.06. The van der Waals surface area contributed by atoms with Crippen LogP contribution in [0.2, 0.25) is 0 Å². The second-order valence-corrected chi connectivity index (χ2v) is 4.35. The van der Waals surface area contributed by atoms with E-state index in [1.54, 1.807) is 18.5 Å². The maximum Gasteiger partial charge on any atom is 0.165 e. The maximum atomic E-state index is 13.5. The molecule has 100 valence electrons. The van der Waals surface area contributed by atoms with Crippen LogP contribution in [0, 0.1) is 5.82 Å². The lowest BCUT2D eigenvalue weighted by Crippen LogP contribution is -2.18. The van der Waals surface area contributed by atoms with E-state index < -0.39 is 0 Å². The summed E-state index contributed by atoms with van der Waals surface area (Å²) in [6.07, 6.45) is 3.53. The number of halogens is 1. The third-order valence-electron chi connectivity index (χ3n) is 3.03. The molecule has 1 atom stereocenters. The number of hydrogen-bond acceptors (Lipinski definition) is 3. The summed E-state index contributed by atoms with van der Waals surface area (Å²) in [5.74, 6) is -0.0655. The van der Waals surface area contributed by atoms with Crippen molar-refractivity contribution in [2.45, 2.75) is 19.5 Å². The zero-order valence-electron chi connectivity index (χ0n) is 11.1. The van der Waals surface area contributed by atoms with E-state index >= 15 is 0 Å². The highest BCUT2D eigenvalue weighted by Crippen LogP contribution is 2.18. The Morgan fingerprint density at radius 3 is 2.63 bits per heavy atom. The van der Waals surface area contributed by atoms with E-state index in [1.807, 2.05) is 18.2 Å². The van der Waals surface area contributed by atoms with Gasteiger partial charge in [-0.1, -0.05) is 6.07 Å². The highest BCUT2D eigenvalue weighted by molar-refractivity contribution is 5.29. The van der Waals surface area contributed by atoms with Gasteiger partial charge in [0.1, 0.15) is 0 Å². The van der Waals surface area contributed by atoms with Crippen molar-refractivity contribution in [3.63, 3.8) is 0 Å². The first kappa shape index (κ1) is 13.5. The lowest BCUT2D eigenvalue weighted by molar-refractivity contribution is 0.386. The average molecular weight is 260 g/mol. The molecule has 0 spiro atoms. The number of aromatic nitrogens is 1. The molecule has 19 heavy (non-hydrogen) atoms. The van der Waals surface area contributed by atoms with Crippen molar-refractivity contribution >= 4 is 0 Å². The number of methoxy groups -OCH3 is 1. The summed E-state index contributed by atoms with van der Waals surface area (Å²) in [5, 5.41) is 3.34. The normalized spacial score (nSPS) is 12.2. The molecule has 1 N–H and O–H groups in total. The number of rotatable bonds is 5. The molecular formula is C15H17FN2O. The number of nitrogens with zero attached hydrogens (tertiary/aromatic N) is 1. The standard InChI is InChI=1S/C15H17FN2O/c1-11(13-5-7-17-8-6-13)18-10-12-3-4-15(19-2)14(16)9-12/h3-9,11,18H,10H2,1-2H3/t11-/m1/s1. The van der Waals surface area contributed by atoms with E-state index in [0.717, 1.165) is 11.1 Å². The van der Waals surface area contributed by atoms with Crippen LogP contribution in [0.15, 0.2) is 42.7 Å². The monoisotopic (exact) mass is 260 g/mol. The van der Waals surface area contributed by atoms with Crippen LogP contribution in [0.4, 0.5) is 4.39 Å². The molecule has 0 aliphatic rings. The Bertz CT molecular complexity index is 531. The molecule has 0 fully saturated rings. The molecule has 0 radical (unpaired) electrons. The summed E-state index contributed by atoms with van der Waals surface area (Å²) in [6, 6.07) is 9.11. The first-order chi connectivity index (χ1) is 9.20. The Hall–Kier alpha value is -1.94. The van der Waals surface area contributed by atoms with Gasteiger partial charge in [-0.05, 0) is 42.3 Å². The van der Waals surface area contributed by atoms with Gasteiger partial charge in [-0.15, -0.1) is 0 Å². The minimum atomic E-state index is -0.335. The van der Waals surface area contributed by atoms with Crippen LogP contribution >= 0.6 is 0 Å². The van der Waals surface area contributed by atoms with Gasteiger partial charge in [0.25, 0.3) is 0 Å². The first-order valence-electron chi connectivity index (χ1n) is 6.16. The molecule has 0 saturated heterocycles. The molecule has 0 aliphatic carbocycles. The van der Waals surface area contributed by atoms with Crippen LogP contribution in [0.3, 0.4) is 0 Å². The van der Waals surface area contributed by atoms with Crippen molar-refractivity contribution in [2.24, 2.45) is 0 Å². The fourth-order valence-electron chi connectivity index (χ4n) is 1.86. The summed E-state index contributed by atoms with van der Waals surface area (Å²) in [7, 11) is 1.46. The molecule has 1 aromatic heterocycles. The van der Waals surface area contributed by atoms with Gasteiger partial charge in [-0.2, -0.15) is 0 Å². The maximum absolute atomic E-state index is 13.5. The Balaban J connectivity index is 1.97. The Kier molecular flexibility index (Phi) is 4.47. The molecule has 1 aromatic carbocycles. The quantitative estimate of drug-likeness (QED) is 0.897. The molecule has 0 amide bonds. The van der Waals surface area contributed by atoms with Crippen LogP contribution < -0.4 is 10.1 Å². The smallest absolute Gasteiger partial charge is 0.165 e. The fourth-order valence-corrected chi connectivity index (χ4v) is 1.86. The van der Waals surface area contributed by atoms with Crippen LogP contribution in [-0.2, 0) is 6.54 Å². The molecular weight excluding hydrogens is 243 g/mol. The zero-order chi connectivity index (χ0) is 13.7. The Morgan fingerprint density at radius 2 is 2.00 bits per heavy atom. The van der Waals surface area contributed by atoms with E-state index in [1.165, 1.54) is 13.2 Å². The number of ether oxygens (including phenoxy) is 1. The second kappa shape index (κ2) is 6.29. The SMILES string of the molecule is COc1ccc(CN[C@H](C)c2ccncc2)cc1F. The predicted octanol–water partition coefficient (Wildman–Crippen LogP) is 3.08. The van der Waals surface area contributed by atoms with Crippen molar-refractivity contribution in [2.75, 3.05) is 7.11 Å². The molecule has 0 saturated carbocycles. The average Bonchev–Trinajstić information content (AvgIpc) is 2.46. The fraction of sp³-hybridized carbons (Fsp3) is 0.267. The first-order valence-corrected chi connectivity index (χ1v) is 6.16. The molecule has 2 aromatic rings. The van der Waals surface area contributed by atoms with Gasteiger partial charge in [0, 0.05) is 25.0 Å². The van der Waals surface area contributed by atoms with Crippen molar-refractivity contribution in [1.29, 1.82) is 0 Å². The van der Waals surface area contributed by atoms with Crippen LogP contribution in [-0.4, -0.2) is 12.1 Å². The van der Waals surface area contributed by atoms with Crippen molar-refractivity contribution in [3.05, 3.63) is 59.7 Å². The number of benzene rings is 1. The minimum absolute atomic E-state index is 0.188. The molecule has 0 bridgehead atoms. The lowest BCUT2D eigenvalue weighted by atomic mass is 10.1. The van der Waals surface area contributed by atoms with Gasteiger partial charge >= 0.3 is 0 Å². The summed E-state index contributed by atoms with van der Waals surface area (Å²) in [5.41, 5.74) is 2.04. The minimum Gasteiger partial charge on any atom is -0.494 e. The number of pyridine rings is 1. The second-order valence-electron chi connectivity index (χ2n) is 4.35. The predicted molar refractivity (Wildman–Crippen MR) is 72.4 cm³/mol. The van der Waals surface area contributed by atoms with Crippen molar-refractivity contribution < 1.29 is 9.13 Å². The van der Waals surface area contributed by atoms with Crippen LogP contribution in [0.25, 0.3) is 0 Å². The highest BCUT2D eigenvalue weighted by atomic mass is 19.1. The molecule has 1 heterocycles. The lowest BCUT2D eigenvalue weighted by Gasteiger charge is -2.14. The van der Waals surface area contributed by atoms with Gasteiger partial charge in [0.2, 0.25) is 0 Å². The largest absolute Gasteiger partial charge is 0.494 e. The summed E-state index contributed by atoms with van der Waals surface area (Å²) in [4.78, 5) is 3.99. The van der Waals surface area contributed by atoms with Crippen LogP contribution in [0.1, 0.15) is 24.1 Å². The topological polar surface area (TPSA) is 34.1 Å². The molecule has 0 unspecified atom stereocenters. The summed E-state index contributed by atoms with van der Waals surface area (Å²) in [6.45, 7) is 2.67. The van der Waals surface area contributed by atoms with Gasteiger partial charge in [-0.3, -0.25) is 4.98 Å². The van der Waals surface area contributed by atoms with E-state index in [-0.39, 0.29) is 17.6 Å². The van der Waals surface area contributed by atoms with Crippen LogP contribution in [0.5, 0.6) is 5.75 Å². The molecule has 2 rings (SSSR count). The number of nitrogens with one attached hydrogen (secondary N) is 1. The Labute approximate surface area is 112 Å². The summed E-state index contributed by atoms with van der Waals surface area (Å²) >= 11 is 0. The van der Waals surface area contributed by atoms with E-state index in [0.29, 0.717) is 6.54 Å².